The molecule has 0 aliphatic heterocycles. The molecule has 1 aromatic rings. The summed E-state index contributed by atoms with van der Waals surface area (Å²) in [6, 6.07) is 6.42. The van der Waals surface area contributed by atoms with Crippen LogP contribution in [0.25, 0.3) is 5.57 Å². The van der Waals surface area contributed by atoms with E-state index < -0.39 is 10.9 Å². The predicted molar refractivity (Wildman–Crippen MR) is 58.4 cm³/mol. The lowest BCUT2D eigenvalue weighted by Crippen LogP contribution is -2.00. The number of nitrogens with zero attached hydrogens (tertiary/aromatic N) is 1. The summed E-state index contributed by atoms with van der Waals surface area (Å²) in [6.07, 6.45) is 0.924. The van der Waals surface area contributed by atoms with Crippen molar-refractivity contribution >= 4 is 11.5 Å². The number of allylic oxidation sites excluding steroid dienone is 1. The van der Waals surface area contributed by atoms with Crippen molar-refractivity contribution in [2.24, 2.45) is 0 Å². The smallest absolute Gasteiger partial charge is 0.337 e. The SMILES string of the molecule is COC(=O)c1ccc(C(C)=C[N+](=O)[O-])cc1. The molecule has 0 spiro atoms. The molecular weight excluding hydrogens is 210 g/mol. The first-order chi connectivity index (χ1) is 7.54. The number of carbonyl (C=O) groups is 1. The van der Waals surface area contributed by atoms with Crippen LogP contribution in [-0.4, -0.2) is 18.0 Å². The minimum atomic E-state index is -0.510. The fourth-order valence-corrected chi connectivity index (χ4v) is 1.22. The molecule has 0 saturated carbocycles. The van der Waals surface area contributed by atoms with E-state index in [9.17, 15) is 14.9 Å². The van der Waals surface area contributed by atoms with Crippen molar-refractivity contribution in [1.29, 1.82) is 0 Å². The summed E-state index contributed by atoms with van der Waals surface area (Å²) < 4.78 is 4.54. The van der Waals surface area contributed by atoms with Gasteiger partial charge in [-0.25, -0.2) is 4.79 Å². The Morgan fingerprint density at radius 3 is 2.25 bits per heavy atom. The molecule has 5 nitrogen and oxygen atoms in total. The zero-order valence-electron chi connectivity index (χ0n) is 8.97. The molecule has 0 bridgehead atoms. The van der Waals surface area contributed by atoms with Crippen LogP contribution in [0, 0.1) is 10.1 Å². The Bertz CT molecular complexity index is 434. The van der Waals surface area contributed by atoms with Crippen molar-refractivity contribution in [3.8, 4) is 0 Å². The van der Waals surface area contributed by atoms with E-state index in [0.29, 0.717) is 16.7 Å². The summed E-state index contributed by atoms with van der Waals surface area (Å²) in [6.45, 7) is 1.63. The third-order valence-corrected chi connectivity index (χ3v) is 2.06. The zero-order chi connectivity index (χ0) is 12.1. The lowest BCUT2D eigenvalue weighted by atomic mass is 10.1. The summed E-state index contributed by atoms with van der Waals surface area (Å²) in [4.78, 5) is 20.9. The predicted octanol–water partition coefficient (Wildman–Crippen LogP) is 2.11. The van der Waals surface area contributed by atoms with E-state index >= 15 is 0 Å². The van der Waals surface area contributed by atoms with Crippen LogP contribution in [0.5, 0.6) is 0 Å². The van der Waals surface area contributed by atoms with Crippen LogP contribution in [0.4, 0.5) is 0 Å². The molecule has 0 radical (unpaired) electrons. The van der Waals surface area contributed by atoms with E-state index in [0.717, 1.165) is 6.20 Å². The molecule has 0 fully saturated rings. The maximum absolute atomic E-state index is 11.1. The summed E-state index contributed by atoms with van der Waals surface area (Å²) in [5, 5.41) is 10.3. The van der Waals surface area contributed by atoms with Crippen LogP contribution in [0.3, 0.4) is 0 Å². The minimum Gasteiger partial charge on any atom is -0.465 e. The molecule has 5 heteroatoms. The summed E-state index contributed by atoms with van der Waals surface area (Å²) in [5.74, 6) is -0.428. The van der Waals surface area contributed by atoms with Crippen molar-refractivity contribution in [3.63, 3.8) is 0 Å². The number of esters is 1. The van der Waals surface area contributed by atoms with Crippen LogP contribution in [-0.2, 0) is 4.74 Å². The van der Waals surface area contributed by atoms with Crippen molar-refractivity contribution in [2.45, 2.75) is 6.92 Å². The molecule has 0 heterocycles. The van der Waals surface area contributed by atoms with Gasteiger partial charge in [0.15, 0.2) is 0 Å². The molecule has 0 aliphatic carbocycles. The molecular formula is C11H11NO4. The molecule has 0 saturated heterocycles. The lowest BCUT2D eigenvalue weighted by Gasteiger charge is -2.01. The maximum Gasteiger partial charge on any atom is 0.337 e. The number of methoxy groups -OCH3 is 1. The van der Waals surface area contributed by atoms with Gasteiger partial charge in [-0.1, -0.05) is 12.1 Å². The Hall–Kier alpha value is -2.17. The molecule has 0 aromatic heterocycles. The second-order valence-electron chi connectivity index (χ2n) is 3.17. The number of carbonyl (C=O) groups excluding carboxylic acids is 1. The Labute approximate surface area is 92.5 Å². The zero-order valence-corrected chi connectivity index (χ0v) is 8.97. The second-order valence-corrected chi connectivity index (χ2v) is 3.17. The first-order valence-corrected chi connectivity index (χ1v) is 4.55. The second kappa shape index (κ2) is 5.06. The van der Waals surface area contributed by atoms with Crippen LogP contribution in [0.15, 0.2) is 30.5 Å². The van der Waals surface area contributed by atoms with Gasteiger partial charge in [0.1, 0.15) is 0 Å². The Morgan fingerprint density at radius 2 is 1.81 bits per heavy atom. The lowest BCUT2D eigenvalue weighted by molar-refractivity contribution is -0.401. The number of benzene rings is 1. The topological polar surface area (TPSA) is 69.4 Å². The van der Waals surface area contributed by atoms with Gasteiger partial charge >= 0.3 is 5.97 Å². The number of ether oxygens (including phenoxy) is 1. The first-order valence-electron chi connectivity index (χ1n) is 4.55. The number of hydrogen-bond acceptors (Lipinski definition) is 4. The van der Waals surface area contributed by atoms with E-state index in [1.54, 1.807) is 31.2 Å². The van der Waals surface area contributed by atoms with E-state index in [1.807, 2.05) is 0 Å². The Morgan fingerprint density at radius 1 is 1.31 bits per heavy atom. The van der Waals surface area contributed by atoms with Gasteiger partial charge in [0, 0.05) is 5.57 Å². The minimum absolute atomic E-state index is 0.417. The Balaban J connectivity index is 2.95. The fraction of sp³-hybridized carbons (Fsp3) is 0.182. The van der Waals surface area contributed by atoms with Crippen molar-refractivity contribution in [2.75, 3.05) is 7.11 Å². The third-order valence-electron chi connectivity index (χ3n) is 2.06. The highest BCUT2D eigenvalue weighted by Gasteiger charge is 2.06. The monoisotopic (exact) mass is 221 g/mol. The molecule has 16 heavy (non-hydrogen) atoms. The quantitative estimate of drug-likeness (QED) is 0.445. The molecule has 1 rings (SSSR count). The average molecular weight is 221 g/mol. The van der Waals surface area contributed by atoms with Gasteiger partial charge in [0.05, 0.1) is 17.6 Å². The van der Waals surface area contributed by atoms with E-state index in [1.165, 1.54) is 7.11 Å². The first kappa shape index (κ1) is 11.9. The molecule has 84 valence electrons. The van der Waals surface area contributed by atoms with Gasteiger partial charge in [-0.05, 0) is 24.6 Å². The van der Waals surface area contributed by atoms with Gasteiger partial charge in [-0.2, -0.15) is 0 Å². The number of rotatable bonds is 3. The van der Waals surface area contributed by atoms with Gasteiger partial charge in [0.2, 0.25) is 6.20 Å². The third kappa shape index (κ3) is 2.91. The highest BCUT2D eigenvalue weighted by Crippen LogP contribution is 2.14. The van der Waals surface area contributed by atoms with E-state index in [-0.39, 0.29) is 0 Å². The highest BCUT2D eigenvalue weighted by atomic mass is 16.6. The van der Waals surface area contributed by atoms with E-state index in [2.05, 4.69) is 4.74 Å². The maximum atomic E-state index is 11.1. The normalized spacial score (nSPS) is 11.0. The van der Waals surface area contributed by atoms with Crippen LogP contribution < -0.4 is 0 Å². The fourth-order valence-electron chi connectivity index (χ4n) is 1.22. The molecule has 0 N–H and O–H groups in total. The van der Waals surface area contributed by atoms with Crippen LogP contribution in [0.1, 0.15) is 22.8 Å². The number of hydrogen-bond donors (Lipinski definition) is 0. The molecule has 1 aromatic carbocycles. The standard InChI is InChI=1S/C11H11NO4/c1-8(7-12(14)15)9-3-5-10(6-4-9)11(13)16-2/h3-7H,1-2H3. The van der Waals surface area contributed by atoms with Gasteiger partial charge in [0.25, 0.3) is 0 Å². The Kier molecular flexibility index (Phi) is 3.77. The van der Waals surface area contributed by atoms with Crippen LogP contribution in [0.2, 0.25) is 0 Å². The summed E-state index contributed by atoms with van der Waals surface area (Å²) in [7, 11) is 1.30. The van der Waals surface area contributed by atoms with Crippen molar-refractivity contribution in [1.82, 2.24) is 0 Å². The summed E-state index contributed by atoms with van der Waals surface area (Å²) in [5.41, 5.74) is 1.64. The molecule has 0 atom stereocenters. The van der Waals surface area contributed by atoms with Crippen LogP contribution >= 0.6 is 0 Å². The van der Waals surface area contributed by atoms with Crippen molar-refractivity contribution in [3.05, 3.63) is 51.7 Å². The van der Waals surface area contributed by atoms with Gasteiger partial charge in [-0.15, -0.1) is 0 Å². The molecule has 0 aliphatic rings. The number of nitro groups is 1. The van der Waals surface area contributed by atoms with Crippen molar-refractivity contribution < 1.29 is 14.5 Å². The van der Waals surface area contributed by atoms with E-state index in [4.69, 9.17) is 0 Å². The molecule has 0 amide bonds. The molecule has 0 unspecified atom stereocenters. The summed E-state index contributed by atoms with van der Waals surface area (Å²) >= 11 is 0. The van der Waals surface area contributed by atoms with Gasteiger partial charge < -0.3 is 4.74 Å². The highest BCUT2D eigenvalue weighted by molar-refractivity contribution is 5.89. The van der Waals surface area contributed by atoms with Gasteiger partial charge in [-0.3, -0.25) is 10.1 Å². The average Bonchev–Trinajstić information content (AvgIpc) is 2.27. The largest absolute Gasteiger partial charge is 0.465 e.